The quantitative estimate of drug-likeness (QED) is 0.356. The summed E-state index contributed by atoms with van der Waals surface area (Å²) >= 11 is 0. The Bertz CT molecular complexity index is 1150. The Morgan fingerprint density at radius 1 is 1.16 bits per heavy atom. The number of esters is 1. The number of aryl methyl sites for hydroxylation is 2. The molecule has 0 N–H and O–H groups in total. The summed E-state index contributed by atoms with van der Waals surface area (Å²) in [6.45, 7) is 1.99. The Balaban J connectivity index is 1.41. The van der Waals surface area contributed by atoms with E-state index in [1.54, 1.807) is 41.2 Å². The molecule has 2 aromatic carbocycles. The van der Waals surface area contributed by atoms with Gasteiger partial charge < -0.3 is 9.64 Å². The third-order valence-electron chi connectivity index (χ3n) is 5.20. The van der Waals surface area contributed by atoms with E-state index in [9.17, 15) is 19.7 Å². The Morgan fingerprint density at radius 3 is 2.61 bits per heavy atom. The minimum atomic E-state index is -0.599. The molecule has 1 aliphatic heterocycles. The molecule has 1 aromatic heterocycles. The highest BCUT2D eigenvalue weighted by molar-refractivity contribution is 5.98. The molecule has 0 spiro atoms. The first kappa shape index (κ1) is 20.3. The molecule has 31 heavy (non-hydrogen) atoms. The number of non-ortho nitro benzene ring substituents is 1. The van der Waals surface area contributed by atoms with Gasteiger partial charge in [0.25, 0.3) is 11.6 Å². The van der Waals surface area contributed by atoms with E-state index in [0.717, 1.165) is 16.9 Å². The SMILES string of the molecule is Cc1ccnn1-c1ccc(C(=O)OCC(=O)N2CCCc3cc([N+](=O)[O-])ccc32)cc1. The van der Waals surface area contributed by atoms with Crippen molar-refractivity contribution in [1.29, 1.82) is 0 Å². The molecule has 0 saturated carbocycles. The lowest BCUT2D eigenvalue weighted by Crippen LogP contribution is -2.38. The van der Waals surface area contributed by atoms with Crippen LogP contribution in [0.2, 0.25) is 0 Å². The van der Waals surface area contributed by atoms with E-state index in [0.29, 0.717) is 30.6 Å². The van der Waals surface area contributed by atoms with Crippen molar-refractivity contribution in [2.75, 3.05) is 18.1 Å². The maximum atomic E-state index is 12.7. The first-order chi connectivity index (χ1) is 14.9. The van der Waals surface area contributed by atoms with E-state index in [1.807, 2.05) is 13.0 Å². The number of hydrogen-bond donors (Lipinski definition) is 0. The summed E-state index contributed by atoms with van der Waals surface area (Å²) in [5.41, 5.74) is 3.47. The molecule has 0 fully saturated rings. The molecule has 0 aliphatic carbocycles. The van der Waals surface area contributed by atoms with Crippen molar-refractivity contribution < 1.29 is 19.2 Å². The first-order valence-electron chi connectivity index (χ1n) is 9.80. The fourth-order valence-electron chi connectivity index (χ4n) is 3.62. The fraction of sp³-hybridized carbons (Fsp3) is 0.227. The van der Waals surface area contributed by atoms with Gasteiger partial charge in [-0.25, -0.2) is 9.48 Å². The monoisotopic (exact) mass is 420 g/mol. The van der Waals surface area contributed by atoms with Crippen LogP contribution in [0.3, 0.4) is 0 Å². The summed E-state index contributed by atoms with van der Waals surface area (Å²) in [4.78, 5) is 37.1. The van der Waals surface area contributed by atoms with Gasteiger partial charge in [-0.3, -0.25) is 14.9 Å². The number of anilines is 1. The minimum Gasteiger partial charge on any atom is -0.452 e. The van der Waals surface area contributed by atoms with Crippen molar-refractivity contribution in [3.05, 3.63) is 81.7 Å². The zero-order valence-corrected chi connectivity index (χ0v) is 16.9. The van der Waals surface area contributed by atoms with Crippen LogP contribution in [0.15, 0.2) is 54.7 Å². The lowest BCUT2D eigenvalue weighted by Gasteiger charge is -2.29. The molecular formula is C22H20N4O5. The molecule has 9 nitrogen and oxygen atoms in total. The molecule has 9 heteroatoms. The van der Waals surface area contributed by atoms with Gasteiger partial charge in [-0.1, -0.05) is 0 Å². The van der Waals surface area contributed by atoms with Crippen LogP contribution in [0.25, 0.3) is 5.69 Å². The second-order valence-electron chi connectivity index (χ2n) is 7.23. The molecule has 3 aromatic rings. The average molecular weight is 420 g/mol. The van der Waals surface area contributed by atoms with Gasteiger partial charge in [0.2, 0.25) is 0 Å². The van der Waals surface area contributed by atoms with E-state index < -0.39 is 17.5 Å². The Labute approximate surface area is 178 Å². The predicted molar refractivity (Wildman–Crippen MR) is 112 cm³/mol. The smallest absolute Gasteiger partial charge is 0.338 e. The highest BCUT2D eigenvalue weighted by Crippen LogP contribution is 2.30. The second-order valence-corrected chi connectivity index (χ2v) is 7.23. The highest BCUT2D eigenvalue weighted by Gasteiger charge is 2.25. The Kier molecular flexibility index (Phi) is 5.48. The average Bonchev–Trinajstić information content (AvgIpc) is 3.22. The van der Waals surface area contributed by atoms with Crippen LogP contribution in [-0.4, -0.2) is 39.7 Å². The summed E-state index contributed by atoms with van der Waals surface area (Å²) in [5, 5.41) is 15.2. The topological polar surface area (TPSA) is 108 Å². The maximum Gasteiger partial charge on any atom is 0.338 e. The Hall–Kier alpha value is -4.01. The molecule has 0 bridgehead atoms. The number of nitro benzene ring substituents is 1. The van der Waals surface area contributed by atoms with Gasteiger partial charge in [-0.2, -0.15) is 5.10 Å². The number of rotatable bonds is 5. The van der Waals surface area contributed by atoms with Gasteiger partial charge in [0.15, 0.2) is 6.61 Å². The van der Waals surface area contributed by atoms with Crippen molar-refractivity contribution >= 4 is 23.3 Å². The van der Waals surface area contributed by atoms with Gasteiger partial charge in [0.1, 0.15) is 0 Å². The summed E-state index contributed by atoms with van der Waals surface area (Å²) in [6, 6.07) is 13.1. The molecule has 1 aliphatic rings. The zero-order valence-electron chi connectivity index (χ0n) is 16.9. The van der Waals surface area contributed by atoms with Crippen molar-refractivity contribution in [2.45, 2.75) is 19.8 Å². The molecule has 0 saturated heterocycles. The molecular weight excluding hydrogens is 400 g/mol. The molecule has 0 atom stereocenters. The van der Waals surface area contributed by atoms with E-state index in [4.69, 9.17) is 4.74 Å². The normalized spacial score (nSPS) is 12.9. The molecule has 1 amide bonds. The van der Waals surface area contributed by atoms with E-state index in [1.165, 1.54) is 17.0 Å². The number of carbonyl (C=O) groups is 2. The van der Waals surface area contributed by atoms with Crippen molar-refractivity contribution in [3.63, 3.8) is 0 Å². The third-order valence-corrected chi connectivity index (χ3v) is 5.20. The van der Waals surface area contributed by atoms with Crippen LogP contribution in [0.4, 0.5) is 11.4 Å². The van der Waals surface area contributed by atoms with Gasteiger partial charge in [0, 0.05) is 36.3 Å². The van der Waals surface area contributed by atoms with Crippen molar-refractivity contribution in [3.8, 4) is 5.69 Å². The number of nitrogens with zero attached hydrogens (tertiary/aromatic N) is 4. The number of fused-ring (bicyclic) bond motifs is 1. The van der Waals surface area contributed by atoms with Crippen LogP contribution in [-0.2, 0) is 16.0 Å². The lowest BCUT2D eigenvalue weighted by atomic mass is 10.0. The van der Waals surface area contributed by atoms with Gasteiger partial charge in [0.05, 0.1) is 16.2 Å². The van der Waals surface area contributed by atoms with Gasteiger partial charge >= 0.3 is 5.97 Å². The number of aromatic nitrogens is 2. The largest absolute Gasteiger partial charge is 0.452 e. The molecule has 0 radical (unpaired) electrons. The molecule has 2 heterocycles. The number of benzene rings is 2. The van der Waals surface area contributed by atoms with E-state index >= 15 is 0 Å². The third kappa shape index (κ3) is 4.16. The lowest BCUT2D eigenvalue weighted by molar-refractivity contribution is -0.384. The van der Waals surface area contributed by atoms with Crippen molar-refractivity contribution in [2.24, 2.45) is 0 Å². The fourth-order valence-corrected chi connectivity index (χ4v) is 3.62. The summed E-state index contributed by atoms with van der Waals surface area (Å²) in [5.74, 6) is -0.968. The maximum absolute atomic E-state index is 12.7. The minimum absolute atomic E-state index is 0.00627. The number of hydrogen-bond acceptors (Lipinski definition) is 6. The standard InChI is InChI=1S/C22H20N4O5/c1-15-10-11-23-25(15)18-6-4-16(5-7-18)22(28)31-14-21(27)24-12-2-3-17-13-19(26(29)30)8-9-20(17)24/h4-11,13H,2-3,12,14H2,1H3. The van der Waals surface area contributed by atoms with Crippen LogP contribution in [0, 0.1) is 17.0 Å². The van der Waals surface area contributed by atoms with E-state index in [2.05, 4.69) is 5.10 Å². The predicted octanol–water partition coefficient (Wildman–Crippen LogP) is 3.23. The first-order valence-corrected chi connectivity index (χ1v) is 9.80. The second kappa shape index (κ2) is 8.39. The number of ether oxygens (including phenoxy) is 1. The number of nitro groups is 1. The molecule has 0 unspecified atom stereocenters. The molecule has 4 rings (SSSR count). The molecule has 158 valence electrons. The number of carbonyl (C=O) groups excluding carboxylic acids is 2. The van der Waals surface area contributed by atoms with Gasteiger partial charge in [-0.15, -0.1) is 0 Å². The van der Waals surface area contributed by atoms with Crippen molar-refractivity contribution in [1.82, 2.24) is 9.78 Å². The van der Waals surface area contributed by atoms with E-state index in [-0.39, 0.29) is 11.6 Å². The summed E-state index contributed by atoms with van der Waals surface area (Å²) in [7, 11) is 0. The Morgan fingerprint density at radius 2 is 1.94 bits per heavy atom. The van der Waals surface area contributed by atoms with Gasteiger partial charge in [-0.05, 0) is 61.7 Å². The van der Waals surface area contributed by atoms with Crippen LogP contribution in [0.1, 0.15) is 28.0 Å². The van der Waals surface area contributed by atoms with Crippen LogP contribution >= 0.6 is 0 Å². The summed E-state index contributed by atoms with van der Waals surface area (Å²) in [6.07, 6.45) is 3.03. The summed E-state index contributed by atoms with van der Waals surface area (Å²) < 4.78 is 6.96. The number of amides is 1. The van der Waals surface area contributed by atoms with Crippen LogP contribution < -0.4 is 4.90 Å². The zero-order chi connectivity index (χ0) is 22.0. The highest BCUT2D eigenvalue weighted by atomic mass is 16.6. The van der Waals surface area contributed by atoms with Crippen LogP contribution in [0.5, 0.6) is 0 Å².